The molecule has 0 aliphatic rings. The summed E-state index contributed by atoms with van der Waals surface area (Å²) in [7, 11) is 0. The Kier molecular flexibility index (Phi) is 6.18. The average Bonchev–Trinajstić information content (AvgIpc) is 3.14. The Labute approximate surface area is 187 Å². The third-order valence-corrected chi connectivity index (χ3v) is 5.42. The molecule has 0 radical (unpaired) electrons. The van der Waals surface area contributed by atoms with Crippen molar-refractivity contribution >= 4 is 27.9 Å². The number of ether oxygens (including phenoxy) is 2. The number of anilines is 1. The molecule has 0 spiro atoms. The maximum atomic E-state index is 13.7. The number of fused-ring (bicyclic) bond motifs is 1. The monoisotopic (exact) mass is 453 g/mol. The van der Waals surface area contributed by atoms with Crippen molar-refractivity contribution in [2.24, 2.45) is 0 Å². The zero-order chi connectivity index (χ0) is 22.7. The highest BCUT2D eigenvalue weighted by molar-refractivity contribution is 7.16. The zero-order valence-electron chi connectivity index (χ0n) is 17.4. The molecule has 1 N–H and O–H groups in total. The summed E-state index contributed by atoms with van der Waals surface area (Å²) in [6.07, 6.45) is 1.75. The number of benzene rings is 2. The molecule has 2 aromatic heterocycles. The fourth-order valence-electron chi connectivity index (χ4n) is 3.03. The number of nitrogens with one attached hydrogen (secondary N) is 1. The van der Waals surface area contributed by atoms with Crippen molar-refractivity contribution in [1.29, 1.82) is 0 Å². The van der Waals surface area contributed by atoms with Crippen LogP contribution in [0.25, 0.3) is 4.96 Å². The molecule has 2 aromatic carbocycles. The maximum absolute atomic E-state index is 13.7. The molecule has 0 aliphatic carbocycles. The second kappa shape index (κ2) is 9.19. The molecule has 0 unspecified atom stereocenters. The Morgan fingerprint density at radius 3 is 2.75 bits per heavy atom. The van der Waals surface area contributed by atoms with Crippen LogP contribution in [0, 0.1) is 19.7 Å². The van der Waals surface area contributed by atoms with E-state index in [1.165, 1.54) is 33.9 Å². The minimum absolute atomic E-state index is 0.000373. The third-order valence-electron chi connectivity index (χ3n) is 4.52. The number of amides is 1. The molecule has 164 valence electrons. The minimum atomic E-state index is -0.541. The number of aryl methyl sites for hydroxylation is 2. The number of aromatic nitrogens is 2. The van der Waals surface area contributed by atoms with Gasteiger partial charge in [-0.3, -0.25) is 14.0 Å². The van der Waals surface area contributed by atoms with Crippen molar-refractivity contribution < 1.29 is 18.7 Å². The number of thiazole rings is 1. The van der Waals surface area contributed by atoms with Gasteiger partial charge < -0.3 is 14.8 Å². The highest BCUT2D eigenvalue weighted by Gasteiger charge is 2.12. The SMILES string of the molecule is Cc1ccc(NC(=O)COc2ccccc2F)c(OCc2cc(=O)n3cc(C)sc3n2)c1. The van der Waals surface area contributed by atoms with Crippen LogP contribution in [0.15, 0.2) is 59.5 Å². The van der Waals surface area contributed by atoms with Gasteiger partial charge in [-0.25, -0.2) is 9.37 Å². The molecular weight excluding hydrogens is 433 g/mol. The third kappa shape index (κ3) is 4.94. The summed E-state index contributed by atoms with van der Waals surface area (Å²) < 4.78 is 26.3. The van der Waals surface area contributed by atoms with E-state index in [1.54, 1.807) is 30.5 Å². The highest BCUT2D eigenvalue weighted by Crippen LogP contribution is 2.27. The molecule has 4 rings (SSSR count). The Balaban J connectivity index is 1.45. The van der Waals surface area contributed by atoms with Gasteiger partial charge in [-0.2, -0.15) is 0 Å². The van der Waals surface area contributed by atoms with Crippen LogP contribution >= 0.6 is 11.3 Å². The van der Waals surface area contributed by atoms with Gasteiger partial charge in [0.05, 0.1) is 11.4 Å². The number of hydrogen-bond donors (Lipinski definition) is 1. The Bertz CT molecular complexity index is 1350. The summed E-state index contributed by atoms with van der Waals surface area (Å²) in [4.78, 5) is 30.7. The van der Waals surface area contributed by atoms with E-state index in [-0.39, 0.29) is 24.5 Å². The van der Waals surface area contributed by atoms with Crippen LogP contribution in [-0.4, -0.2) is 21.9 Å². The zero-order valence-corrected chi connectivity index (χ0v) is 18.2. The molecular formula is C23H20FN3O4S. The van der Waals surface area contributed by atoms with Crippen LogP contribution in [-0.2, 0) is 11.4 Å². The molecule has 0 fully saturated rings. The lowest BCUT2D eigenvalue weighted by atomic mass is 10.2. The molecule has 4 aromatic rings. The summed E-state index contributed by atoms with van der Waals surface area (Å²) in [5, 5.41) is 2.71. The van der Waals surface area contributed by atoms with Gasteiger partial charge in [0.15, 0.2) is 23.1 Å². The van der Waals surface area contributed by atoms with E-state index in [0.717, 1.165) is 10.4 Å². The fraction of sp³-hybridized carbons (Fsp3) is 0.174. The lowest BCUT2D eigenvalue weighted by molar-refractivity contribution is -0.118. The average molecular weight is 453 g/mol. The standard InChI is InChI=1S/C23H20FN3O4S/c1-14-7-8-18(26-21(28)13-31-19-6-4-3-5-17(19)24)20(9-14)30-12-16-10-22(29)27-11-15(2)32-23(27)25-16/h3-11H,12-13H2,1-2H3,(H,26,28). The van der Waals surface area contributed by atoms with Crippen LogP contribution < -0.4 is 20.3 Å². The number of halogens is 1. The number of nitrogens with zero attached hydrogens (tertiary/aromatic N) is 2. The van der Waals surface area contributed by atoms with Crippen molar-refractivity contribution in [3.63, 3.8) is 0 Å². The first-order valence-electron chi connectivity index (χ1n) is 9.78. The van der Waals surface area contributed by atoms with E-state index in [1.807, 2.05) is 19.9 Å². The van der Waals surface area contributed by atoms with Gasteiger partial charge in [0.1, 0.15) is 12.4 Å². The second-order valence-corrected chi connectivity index (χ2v) is 8.35. The van der Waals surface area contributed by atoms with Gasteiger partial charge >= 0.3 is 0 Å². The summed E-state index contributed by atoms with van der Waals surface area (Å²) >= 11 is 1.42. The molecule has 7 nitrogen and oxygen atoms in total. The molecule has 0 saturated heterocycles. The molecule has 0 aliphatic heterocycles. The van der Waals surface area contributed by atoms with Gasteiger partial charge in [0, 0.05) is 17.1 Å². The van der Waals surface area contributed by atoms with Crippen LogP contribution in [0.4, 0.5) is 10.1 Å². The fourth-order valence-corrected chi connectivity index (χ4v) is 3.88. The van der Waals surface area contributed by atoms with Crippen LogP contribution in [0.2, 0.25) is 0 Å². The lowest BCUT2D eigenvalue weighted by Crippen LogP contribution is -2.21. The molecule has 9 heteroatoms. The first kappa shape index (κ1) is 21.5. The summed E-state index contributed by atoms with van der Waals surface area (Å²) in [5.74, 6) is -0.581. The van der Waals surface area contributed by atoms with Crippen LogP contribution in [0.1, 0.15) is 16.1 Å². The quantitative estimate of drug-likeness (QED) is 0.456. The van der Waals surface area contributed by atoms with Crippen molar-refractivity contribution in [1.82, 2.24) is 9.38 Å². The van der Waals surface area contributed by atoms with Gasteiger partial charge in [-0.15, -0.1) is 11.3 Å². The van der Waals surface area contributed by atoms with E-state index in [4.69, 9.17) is 9.47 Å². The first-order chi connectivity index (χ1) is 15.4. The highest BCUT2D eigenvalue weighted by atomic mass is 32.1. The Hall–Kier alpha value is -3.72. The smallest absolute Gasteiger partial charge is 0.262 e. The predicted molar refractivity (Wildman–Crippen MR) is 120 cm³/mol. The number of hydrogen-bond acceptors (Lipinski definition) is 6. The van der Waals surface area contributed by atoms with Crippen molar-refractivity contribution in [2.75, 3.05) is 11.9 Å². The maximum Gasteiger partial charge on any atom is 0.262 e. The number of carbonyl (C=O) groups is 1. The summed E-state index contributed by atoms with van der Waals surface area (Å²) in [6, 6.07) is 12.6. The van der Waals surface area contributed by atoms with E-state index in [0.29, 0.717) is 22.1 Å². The first-order valence-corrected chi connectivity index (χ1v) is 10.6. The van der Waals surface area contributed by atoms with Gasteiger partial charge in [-0.1, -0.05) is 18.2 Å². The number of rotatable bonds is 7. The van der Waals surface area contributed by atoms with Gasteiger partial charge in [0.25, 0.3) is 11.5 Å². The minimum Gasteiger partial charge on any atom is -0.485 e. The van der Waals surface area contributed by atoms with Crippen LogP contribution in [0.3, 0.4) is 0 Å². The lowest BCUT2D eigenvalue weighted by Gasteiger charge is -2.14. The van der Waals surface area contributed by atoms with E-state index >= 15 is 0 Å². The second-order valence-electron chi connectivity index (χ2n) is 7.14. The van der Waals surface area contributed by atoms with E-state index in [2.05, 4.69) is 10.3 Å². The molecule has 2 heterocycles. The van der Waals surface area contributed by atoms with Crippen molar-refractivity contribution in [3.8, 4) is 11.5 Å². The number of para-hydroxylation sites is 1. The van der Waals surface area contributed by atoms with E-state index < -0.39 is 11.7 Å². The van der Waals surface area contributed by atoms with Gasteiger partial charge in [-0.05, 0) is 43.7 Å². The molecule has 1 amide bonds. The van der Waals surface area contributed by atoms with Gasteiger partial charge in [0.2, 0.25) is 0 Å². The molecule has 0 atom stereocenters. The largest absolute Gasteiger partial charge is 0.485 e. The Morgan fingerprint density at radius 1 is 1.12 bits per heavy atom. The topological polar surface area (TPSA) is 81.9 Å². The van der Waals surface area contributed by atoms with Crippen LogP contribution in [0.5, 0.6) is 11.5 Å². The molecule has 32 heavy (non-hydrogen) atoms. The normalized spacial score (nSPS) is 10.8. The molecule has 0 bridgehead atoms. The molecule has 0 saturated carbocycles. The van der Waals surface area contributed by atoms with Crippen molar-refractivity contribution in [2.45, 2.75) is 20.5 Å². The predicted octanol–water partition coefficient (Wildman–Crippen LogP) is 4.11. The summed E-state index contributed by atoms with van der Waals surface area (Å²) in [6.45, 7) is 3.50. The van der Waals surface area contributed by atoms with Crippen molar-refractivity contribution in [3.05, 3.63) is 87.0 Å². The Morgan fingerprint density at radius 2 is 1.94 bits per heavy atom. The van der Waals surface area contributed by atoms with E-state index in [9.17, 15) is 14.0 Å². The number of carbonyl (C=O) groups excluding carboxylic acids is 1. The summed E-state index contributed by atoms with van der Waals surface area (Å²) in [5.41, 5.74) is 1.67.